The van der Waals surface area contributed by atoms with Crippen LogP contribution in [0.15, 0.2) is 18.2 Å². The minimum Gasteiger partial charge on any atom is -0.325 e. The van der Waals surface area contributed by atoms with Gasteiger partial charge in [0.25, 0.3) is 0 Å². The lowest BCUT2D eigenvalue weighted by Crippen LogP contribution is -2.15. The molecule has 0 atom stereocenters. The summed E-state index contributed by atoms with van der Waals surface area (Å²) in [7, 11) is 1.83. The van der Waals surface area contributed by atoms with Crippen LogP contribution in [-0.2, 0) is 4.79 Å². The maximum Gasteiger partial charge on any atom is 0.224 e. The molecule has 1 amide bonds. The van der Waals surface area contributed by atoms with Crippen LogP contribution in [0.4, 0.5) is 10.1 Å². The molecular weight excluding hydrogens is 231 g/mol. The first-order valence-corrected chi connectivity index (χ1v) is 5.41. The number of benzene rings is 1. The van der Waals surface area contributed by atoms with Crippen LogP contribution in [0.1, 0.15) is 12.8 Å². The van der Waals surface area contributed by atoms with Crippen LogP contribution < -0.4 is 10.6 Å². The van der Waals surface area contributed by atoms with Crippen molar-refractivity contribution in [3.63, 3.8) is 0 Å². The Balaban J connectivity index is 2.49. The summed E-state index contributed by atoms with van der Waals surface area (Å²) in [6.45, 7) is 0.782. The second-order valence-corrected chi connectivity index (χ2v) is 3.79. The Hall–Kier alpha value is -1.13. The first-order chi connectivity index (χ1) is 7.63. The smallest absolute Gasteiger partial charge is 0.224 e. The molecule has 16 heavy (non-hydrogen) atoms. The van der Waals surface area contributed by atoms with E-state index in [4.69, 9.17) is 11.6 Å². The average Bonchev–Trinajstić information content (AvgIpc) is 2.23. The molecule has 0 aliphatic carbocycles. The van der Waals surface area contributed by atoms with E-state index in [0.29, 0.717) is 12.1 Å². The zero-order chi connectivity index (χ0) is 12.0. The van der Waals surface area contributed by atoms with Gasteiger partial charge in [-0.2, -0.15) is 0 Å². The van der Waals surface area contributed by atoms with Crippen LogP contribution in [0.3, 0.4) is 0 Å². The largest absolute Gasteiger partial charge is 0.325 e. The molecule has 0 bridgehead atoms. The lowest BCUT2D eigenvalue weighted by Gasteiger charge is -2.06. The number of amides is 1. The van der Waals surface area contributed by atoms with Crippen LogP contribution >= 0.6 is 11.6 Å². The molecule has 88 valence electrons. The predicted molar refractivity (Wildman–Crippen MR) is 63.2 cm³/mol. The molecule has 2 N–H and O–H groups in total. The second-order valence-electron chi connectivity index (χ2n) is 3.38. The minimum atomic E-state index is -0.418. The van der Waals surface area contributed by atoms with Crippen molar-refractivity contribution >= 4 is 23.2 Å². The van der Waals surface area contributed by atoms with Gasteiger partial charge in [0.15, 0.2) is 0 Å². The van der Waals surface area contributed by atoms with Gasteiger partial charge in [0.1, 0.15) is 5.82 Å². The van der Waals surface area contributed by atoms with E-state index < -0.39 is 5.82 Å². The number of nitrogens with one attached hydrogen (secondary N) is 2. The molecule has 1 rings (SSSR count). The lowest BCUT2D eigenvalue weighted by atomic mass is 10.2. The number of hydrogen-bond acceptors (Lipinski definition) is 2. The van der Waals surface area contributed by atoms with E-state index >= 15 is 0 Å². The highest BCUT2D eigenvalue weighted by molar-refractivity contribution is 6.33. The van der Waals surface area contributed by atoms with Crippen LogP contribution in [-0.4, -0.2) is 19.5 Å². The Morgan fingerprint density at radius 1 is 1.50 bits per heavy atom. The molecule has 5 heteroatoms. The number of carbonyl (C=O) groups excluding carboxylic acids is 1. The number of anilines is 1. The first-order valence-electron chi connectivity index (χ1n) is 5.03. The molecule has 0 fully saturated rings. The molecule has 1 aromatic rings. The molecule has 0 saturated heterocycles. The molecule has 0 aliphatic heterocycles. The molecular formula is C11H14ClFN2O. The Morgan fingerprint density at radius 3 is 2.88 bits per heavy atom. The zero-order valence-corrected chi connectivity index (χ0v) is 9.77. The highest BCUT2D eigenvalue weighted by Crippen LogP contribution is 2.22. The predicted octanol–water partition coefficient (Wildman–Crippen LogP) is 2.42. The van der Waals surface area contributed by atoms with Crippen molar-refractivity contribution in [3.8, 4) is 0 Å². The topological polar surface area (TPSA) is 41.1 Å². The van der Waals surface area contributed by atoms with E-state index in [9.17, 15) is 9.18 Å². The van der Waals surface area contributed by atoms with E-state index in [1.165, 1.54) is 18.2 Å². The molecule has 0 aliphatic rings. The third-order valence-electron chi connectivity index (χ3n) is 2.04. The van der Waals surface area contributed by atoms with Gasteiger partial charge < -0.3 is 10.6 Å². The van der Waals surface area contributed by atoms with Crippen LogP contribution in [0.25, 0.3) is 0 Å². The number of hydrogen-bond donors (Lipinski definition) is 2. The van der Waals surface area contributed by atoms with Crippen molar-refractivity contribution in [3.05, 3.63) is 29.0 Å². The van der Waals surface area contributed by atoms with E-state index in [-0.39, 0.29) is 10.9 Å². The Bertz CT molecular complexity index is 371. The third-order valence-corrected chi connectivity index (χ3v) is 2.35. The molecule has 3 nitrogen and oxygen atoms in total. The SMILES string of the molecule is CNCCCC(=O)Nc1ccc(F)cc1Cl. The monoisotopic (exact) mass is 244 g/mol. The highest BCUT2D eigenvalue weighted by Gasteiger charge is 2.06. The summed E-state index contributed by atoms with van der Waals surface area (Å²) in [5, 5.41) is 5.79. The lowest BCUT2D eigenvalue weighted by molar-refractivity contribution is -0.116. The highest BCUT2D eigenvalue weighted by atomic mass is 35.5. The maximum absolute atomic E-state index is 12.7. The fraction of sp³-hybridized carbons (Fsp3) is 0.364. The number of carbonyl (C=O) groups is 1. The Kier molecular flexibility index (Phi) is 5.22. The average molecular weight is 245 g/mol. The van der Waals surface area contributed by atoms with Gasteiger partial charge in [0.05, 0.1) is 10.7 Å². The van der Waals surface area contributed by atoms with Gasteiger partial charge in [0.2, 0.25) is 5.91 Å². The molecule has 0 aromatic heterocycles. The first kappa shape index (κ1) is 12.9. The van der Waals surface area contributed by atoms with Gasteiger partial charge in [-0.05, 0) is 38.2 Å². The summed E-state index contributed by atoms with van der Waals surface area (Å²) in [6.07, 6.45) is 1.16. The van der Waals surface area contributed by atoms with Gasteiger partial charge in [-0.15, -0.1) is 0 Å². The number of halogens is 2. The van der Waals surface area contributed by atoms with Crippen molar-refractivity contribution < 1.29 is 9.18 Å². The molecule has 0 spiro atoms. The molecule has 1 aromatic carbocycles. The van der Waals surface area contributed by atoms with Crippen molar-refractivity contribution in [2.45, 2.75) is 12.8 Å². The maximum atomic E-state index is 12.7. The van der Waals surface area contributed by atoms with Crippen LogP contribution in [0, 0.1) is 5.82 Å². The fourth-order valence-corrected chi connectivity index (χ4v) is 1.44. The summed E-state index contributed by atoms with van der Waals surface area (Å²) in [5.74, 6) is -0.540. The van der Waals surface area contributed by atoms with Crippen LogP contribution in [0.5, 0.6) is 0 Å². The third kappa shape index (κ3) is 4.16. The van der Waals surface area contributed by atoms with Gasteiger partial charge in [-0.3, -0.25) is 4.79 Å². The molecule has 0 radical (unpaired) electrons. The summed E-state index contributed by atoms with van der Waals surface area (Å²) in [6, 6.07) is 3.88. The summed E-state index contributed by atoms with van der Waals surface area (Å²) >= 11 is 5.77. The van der Waals surface area contributed by atoms with E-state index in [1.807, 2.05) is 7.05 Å². The fourth-order valence-electron chi connectivity index (χ4n) is 1.23. The standard InChI is InChI=1S/C11H14ClFN2O/c1-14-6-2-3-11(16)15-10-5-4-8(13)7-9(10)12/h4-5,7,14H,2-3,6H2,1H3,(H,15,16). The summed E-state index contributed by atoms with van der Waals surface area (Å²) in [4.78, 5) is 11.4. The Morgan fingerprint density at radius 2 is 2.25 bits per heavy atom. The quantitative estimate of drug-likeness (QED) is 0.781. The van der Waals surface area contributed by atoms with Crippen molar-refractivity contribution in [2.24, 2.45) is 0 Å². The molecule has 0 heterocycles. The summed E-state index contributed by atoms with van der Waals surface area (Å²) < 4.78 is 12.7. The second kappa shape index (κ2) is 6.45. The van der Waals surface area contributed by atoms with Crippen molar-refractivity contribution in [1.82, 2.24) is 5.32 Å². The Labute approximate surface area is 99.0 Å². The van der Waals surface area contributed by atoms with Gasteiger partial charge in [-0.25, -0.2) is 4.39 Å². The van der Waals surface area contributed by atoms with E-state index in [0.717, 1.165) is 13.0 Å². The van der Waals surface area contributed by atoms with E-state index in [2.05, 4.69) is 10.6 Å². The van der Waals surface area contributed by atoms with Gasteiger partial charge in [0, 0.05) is 6.42 Å². The van der Waals surface area contributed by atoms with Crippen LogP contribution in [0.2, 0.25) is 5.02 Å². The summed E-state index contributed by atoms with van der Waals surface area (Å²) in [5.41, 5.74) is 0.442. The molecule has 0 unspecified atom stereocenters. The normalized spacial score (nSPS) is 10.2. The molecule has 0 saturated carbocycles. The minimum absolute atomic E-state index is 0.122. The number of rotatable bonds is 5. The van der Waals surface area contributed by atoms with Crippen molar-refractivity contribution in [1.29, 1.82) is 0 Å². The van der Waals surface area contributed by atoms with E-state index in [1.54, 1.807) is 0 Å². The van der Waals surface area contributed by atoms with Gasteiger partial charge in [-0.1, -0.05) is 11.6 Å². The zero-order valence-electron chi connectivity index (χ0n) is 9.02. The van der Waals surface area contributed by atoms with Gasteiger partial charge >= 0.3 is 0 Å². The van der Waals surface area contributed by atoms with Crippen molar-refractivity contribution in [2.75, 3.05) is 18.9 Å².